The van der Waals surface area contributed by atoms with Crippen LogP contribution in [0.25, 0.3) is 0 Å². The van der Waals surface area contributed by atoms with Crippen LogP contribution in [0.3, 0.4) is 0 Å². The topological polar surface area (TPSA) is 80.5 Å². The van der Waals surface area contributed by atoms with Crippen molar-refractivity contribution in [2.24, 2.45) is 12.1 Å². The van der Waals surface area contributed by atoms with Crippen LogP contribution in [-0.4, -0.2) is 40.8 Å². The van der Waals surface area contributed by atoms with E-state index in [4.69, 9.17) is 4.74 Å². The van der Waals surface area contributed by atoms with Gasteiger partial charge in [-0.3, -0.25) is 4.68 Å². The normalized spacial score (nSPS) is 18.9. The van der Waals surface area contributed by atoms with Gasteiger partial charge in [0.1, 0.15) is 0 Å². The highest BCUT2D eigenvalue weighted by molar-refractivity contribution is 6.01. The van der Waals surface area contributed by atoms with Gasteiger partial charge in [0, 0.05) is 31.5 Å². The molecule has 1 aliphatic heterocycles. The first kappa shape index (κ1) is 15.5. The first-order valence-corrected chi connectivity index (χ1v) is 7.19. The molecule has 21 heavy (non-hydrogen) atoms. The molecule has 2 amide bonds. The number of aryl methyl sites for hydroxylation is 2. The molecular weight excluding hydrogens is 270 g/mol. The van der Waals surface area contributed by atoms with Crippen LogP contribution in [-0.2, 0) is 11.8 Å². The van der Waals surface area contributed by atoms with Gasteiger partial charge < -0.3 is 10.1 Å². The third-order valence-corrected chi connectivity index (χ3v) is 3.71. The summed E-state index contributed by atoms with van der Waals surface area (Å²) in [5.41, 5.74) is 6.15. The largest absolute Gasteiger partial charge is 0.376 e. The van der Waals surface area contributed by atoms with Crippen molar-refractivity contribution in [1.29, 1.82) is 0 Å². The minimum Gasteiger partial charge on any atom is -0.376 e. The van der Waals surface area contributed by atoms with Crippen LogP contribution in [0.5, 0.6) is 0 Å². The highest BCUT2D eigenvalue weighted by Crippen LogP contribution is 2.13. The summed E-state index contributed by atoms with van der Waals surface area (Å²) in [5, 5.41) is 11.2. The van der Waals surface area contributed by atoms with Gasteiger partial charge in [0.15, 0.2) is 0 Å². The van der Waals surface area contributed by atoms with Crippen molar-refractivity contribution >= 4 is 11.7 Å². The number of amides is 2. The van der Waals surface area contributed by atoms with Crippen molar-refractivity contribution in [2.75, 3.05) is 13.2 Å². The highest BCUT2D eigenvalue weighted by Gasteiger charge is 2.16. The Balaban J connectivity index is 1.88. The summed E-state index contributed by atoms with van der Waals surface area (Å²) in [6.45, 7) is 7.07. The Bertz CT molecular complexity index is 544. The van der Waals surface area contributed by atoms with E-state index in [1.165, 1.54) is 0 Å². The van der Waals surface area contributed by atoms with E-state index in [1.54, 1.807) is 4.68 Å². The van der Waals surface area contributed by atoms with Gasteiger partial charge in [0.2, 0.25) is 0 Å². The molecule has 1 aliphatic rings. The van der Waals surface area contributed by atoms with E-state index in [2.05, 4.69) is 20.9 Å². The average Bonchev–Trinajstić information content (AvgIpc) is 3.03. The van der Waals surface area contributed by atoms with Gasteiger partial charge in [-0.1, -0.05) is 0 Å². The second-order valence-corrected chi connectivity index (χ2v) is 5.32. The molecule has 0 spiro atoms. The summed E-state index contributed by atoms with van der Waals surface area (Å²) in [5.74, 6) is 0. The molecule has 0 aromatic carbocycles. The Hall–Kier alpha value is -1.89. The molecule has 7 heteroatoms. The zero-order valence-corrected chi connectivity index (χ0v) is 13.1. The number of urea groups is 1. The maximum absolute atomic E-state index is 11.7. The average molecular weight is 293 g/mol. The number of ether oxygens (including phenoxy) is 1. The Kier molecular flexibility index (Phi) is 4.95. The van der Waals surface area contributed by atoms with E-state index in [0.29, 0.717) is 6.54 Å². The monoisotopic (exact) mass is 293 g/mol. The molecule has 1 atom stereocenters. The van der Waals surface area contributed by atoms with Gasteiger partial charge in [0.05, 0.1) is 17.5 Å². The molecule has 2 N–H and O–H groups in total. The van der Waals surface area contributed by atoms with E-state index >= 15 is 0 Å². The quantitative estimate of drug-likeness (QED) is 0.647. The molecule has 7 nitrogen and oxygen atoms in total. The number of hydrogen-bond donors (Lipinski definition) is 2. The van der Waals surface area contributed by atoms with E-state index in [0.717, 1.165) is 42.1 Å². The highest BCUT2D eigenvalue weighted by atomic mass is 16.5. The molecule has 0 bridgehead atoms. The fourth-order valence-corrected chi connectivity index (χ4v) is 2.54. The zero-order chi connectivity index (χ0) is 15.4. The molecule has 1 unspecified atom stereocenters. The summed E-state index contributed by atoms with van der Waals surface area (Å²) in [7, 11) is 1.89. The number of rotatable bonds is 4. The maximum Gasteiger partial charge on any atom is 0.335 e. The molecule has 116 valence electrons. The predicted molar refractivity (Wildman–Crippen MR) is 80.4 cm³/mol. The van der Waals surface area contributed by atoms with Crippen LogP contribution in [0, 0.1) is 13.8 Å². The van der Waals surface area contributed by atoms with E-state index < -0.39 is 0 Å². The molecule has 0 saturated carbocycles. The van der Waals surface area contributed by atoms with Gasteiger partial charge in [-0.2, -0.15) is 10.2 Å². The molecule has 0 aliphatic carbocycles. The zero-order valence-electron chi connectivity index (χ0n) is 13.1. The van der Waals surface area contributed by atoms with Crippen molar-refractivity contribution in [1.82, 2.24) is 20.5 Å². The second-order valence-electron chi connectivity index (χ2n) is 5.32. The molecule has 1 aromatic rings. The summed E-state index contributed by atoms with van der Waals surface area (Å²) >= 11 is 0. The van der Waals surface area contributed by atoms with Gasteiger partial charge in [-0.25, -0.2) is 10.2 Å². The Morgan fingerprint density at radius 3 is 2.86 bits per heavy atom. The van der Waals surface area contributed by atoms with Crippen molar-refractivity contribution in [3.05, 3.63) is 17.0 Å². The summed E-state index contributed by atoms with van der Waals surface area (Å²) in [4.78, 5) is 11.7. The molecule has 1 aromatic heterocycles. The van der Waals surface area contributed by atoms with Crippen molar-refractivity contribution < 1.29 is 9.53 Å². The fraction of sp³-hybridized carbons (Fsp3) is 0.643. The SMILES string of the molecule is C/C(=N\NC(=O)NCC1CCCO1)c1c(C)nn(C)c1C. The molecule has 1 saturated heterocycles. The second kappa shape index (κ2) is 6.71. The Morgan fingerprint density at radius 2 is 2.29 bits per heavy atom. The molecule has 1 fully saturated rings. The fourth-order valence-electron chi connectivity index (χ4n) is 2.54. The van der Waals surface area contributed by atoms with Crippen LogP contribution in [0.1, 0.15) is 36.7 Å². The van der Waals surface area contributed by atoms with Crippen LogP contribution in [0.4, 0.5) is 4.79 Å². The van der Waals surface area contributed by atoms with E-state index in [1.807, 2.05) is 27.8 Å². The number of hydrogen-bond acceptors (Lipinski definition) is 4. The molecule has 0 radical (unpaired) electrons. The van der Waals surface area contributed by atoms with Gasteiger partial charge in [-0.05, 0) is 33.6 Å². The standard InChI is InChI=1S/C14H23N5O2/c1-9(13-10(2)18-19(4)11(13)3)16-17-14(20)15-8-12-6-5-7-21-12/h12H,5-8H2,1-4H3,(H2,15,17,20)/b16-9+. The summed E-state index contributed by atoms with van der Waals surface area (Å²) in [6, 6.07) is -0.316. The maximum atomic E-state index is 11.7. The van der Waals surface area contributed by atoms with Crippen LogP contribution >= 0.6 is 0 Å². The minimum absolute atomic E-state index is 0.128. The third-order valence-electron chi connectivity index (χ3n) is 3.71. The number of aromatic nitrogens is 2. The van der Waals surface area contributed by atoms with Crippen LogP contribution in [0.15, 0.2) is 5.10 Å². The summed E-state index contributed by atoms with van der Waals surface area (Å²) < 4.78 is 7.25. The van der Waals surface area contributed by atoms with E-state index in [-0.39, 0.29) is 12.1 Å². The third kappa shape index (κ3) is 3.81. The number of carbonyl (C=O) groups is 1. The van der Waals surface area contributed by atoms with Crippen LogP contribution in [0.2, 0.25) is 0 Å². The van der Waals surface area contributed by atoms with E-state index in [9.17, 15) is 4.79 Å². The lowest BCUT2D eigenvalue weighted by Gasteiger charge is -2.10. The molecule has 2 rings (SSSR count). The smallest absolute Gasteiger partial charge is 0.335 e. The first-order chi connectivity index (χ1) is 9.99. The lowest BCUT2D eigenvalue weighted by Crippen LogP contribution is -2.37. The Labute approximate surface area is 124 Å². The van der Waals surface area contributed by atoms with Crippen molar-refractivity contribution in [3.8, 4) is 0 Å². The van der Waals surface area contributed by atoms with Gasteiger partial charge >= 0.3 is 6.03 Å². The molecule has 2 heterocycles. The lowest BCUT2D eigenvalue weighted by molar-refractivity contribution is 0.111. The summed E-state index contributed by atoms with van der Waals surface area (Å²) in [6.07, 6.45) is 2.19. The van der Waals surface area contributed by atoms with Crippen molar-refractivity contribution in [3.63, 3.8) is 0 Å². The van der Waals surface area contributed by atoms with Gasteiger partial charge in [0.25, 0.3) is 0 Å². The minimum atomic E-state index is -0.316. The first-order valence-electron chi connectivity index (χ1n) is 7.19. The lowest BCUT2D eigenvalue weighted by atomic mass is 10.1. The van der Waals surface area contributed by atoms with Gasteiger partial charge in [-0.15, -0.1) is 0 Å². The molecular formula is C14H23N5O2. The number of nitrogens with one attached hydrogen (secondary N) is 2. The number of carbonyl (C=O) groups excluding carboxylic acids is 1. The van der Waals surface area contributed by atoms with Crippen LogP contribution < -0.4 is 10.7 Å². The predicted octanol–water partition coefficient (Wildman–Crippen LogP) is 1.24. The number of nitrogens with zero attached hydrogens (tertiary/aromatic N) is 3. The Morgan fingerprint density at radius 1 is 1.52 bits per heavy atom. The van der Waals surface area contributed by atoms with Crippen molar-refractivity contribution in [2.45, 2.75) is 39.7 Å². The number of hydrazone groups is 1.